The minimum Gasteiger partial charge on any atom is -0.399 e. The van der Waals surface area contributed by atoms with Gasteiger partial charge in [-0.3, -0.25) is 0 Å². The van der Waals surface area contributed by atoms with Crippen LogP contribution in [-0.2, 0) is 12.8 Å². The third-order valence-electron chi connectivity index (χ3n) is 4.74. The Bertz CT molecular complexity index is 437. The molecule has 3 N–H and O–H groups in total. The van der Waals surface area contributed by atoms with Crippen molar-refractivity contribution in [3.05, 3.63) is 29.3 Å². The molecule has 0 aliphatic heterocycles. The van der Waals surface area contributed by atoms with Crippen LogP contribution < -0.4 is 11.1 Å². The minimum absolute atomic E-state index is 0.651. The maximum atomic E-state index is 5.91. The second-order valence-corrected chi connectivity index (χ2v) is 6.42. The van der Waals surface area contributed by atoms with Crippen molar-refractivity contribution in [3.63, 3.8) is 0 Å². The van der Waals surface area contributed by atoms with Gasteiger partial charge in [-0.05, 0) is 61.3 Å². The predicted octanol–water partition coefficient (Wildman–Crippen LogP) is 3.29. The first-order valence-electron chi connectivity index (χ1n) is 7.88. The molecular formula is C17H26N2. The first-order chi connectivity index (χ1) is 9.24. The number of fused-ring (bicyclic) bond motifs is 1. The number of hydrogen-bond acceptors (Lipinski definition) is 2. The number of nitrogen functional groups attached to an aromatic ring is 1. The monoisotopic (exact) mass is 258 g/mol. The number of aryl methyl sites for hydroxylation is 1. The lowest BCUT2D eigenvalue weighted by Crippen LogP contribution is -2.41. The van der Waals surface area contributed by atoms with Crippen molar-refractivity contribution in [1.29, 1.82) is 0 Å². The molecule has 0 amide bonds. The van der Waals surface area contributed by atoms with Gasteiger partial charge in [-0.1, -0.05) is 25.8 Å². The highest BCUT2D eigenvalue weighted by Gasteiger charge is 2.27. The molecule has 0 spiro atoms. The first kappa shape index (κ1) is 13.0. The Balaban J connectivity index is 1.60. The fourth-order valence-corrected chi connectivity index (χ4v) is 3.36. The van der Waals surface area contributed by atoms with E-state index in [9.17, 15) is 0 Å². The van der Waals surface area contributed by atoms with Crippen LogP contribution >= 0.6 is 0 Å². The quantitative estimate of drug-likeness (QED) is 0.795. The van der Waals surface area contributed by atoms with Crippen LogP contribution in [-0.4, -0.2) is 12.1 Å². The van der Waals surface area contributed by atoms with Crippen LogP contribution in [0.25, 0.3) is 0 Å². The van der Waals surface area contributed by atoms with E-state index >= 15 is 0 Å². The second kappa shape index (κ2) is 5.54. The maximum Gasteiger partial charge on any atom is 0.0316 e. The Morgan fingerprint density at radius 3 is 2.84 bits per heavy atom. The van der Waals surface area contributed by atoms with Gasteiger partial charge in [-0.25, -0.2) is 0 Å². The van der Waals surface area contributed by atoms with Gasteiger partial charge in [0.2, 0.25) is 0 Å². The number of rotatable bonds is 5. The number of benzene rings is 1. The second-order valence-electron chi connectivity index (χ2n) is 6.42. The summed E-state index contributed by atoms with van der Waals surface area (Å²) in [4.78, 5) is 0. The van der Waals surface area contributed by atoms with E-state index in [1.807, 2.05) is 6.07 Å². The topological polar surface area (TPSA) is 38.0 Å². The third-order valence-corrected chi connectivity index (χ3v) is 4.74. The molecule has 104 valence electrons. The standard InChI is InChI=1S/C17H26N2/c1-2-16(9-12-3-4-12)19-17-8-6-13-5-7-15(18)10-14(13)11-17/h5,7,10,12,16-17,19H,2-4,6,8-9,11,18H2,1H3. The Labute approximate surface area is 116 Å². The average Bonchev–Trinajstić information content (AvgIpc) is 3.21. The summed E-state index contributed by atoms with van der Waals surface area (Å²) >= 11 is 0. The van der Waals surface area contributed by atoms with E-state index in [4.69, 9.17) is 5.73 Å². The largest absolute Gasteiger partial charge is 0.399 e. The molecule has 2 atom stereocenters. The van der Waals surface area contributed by atoms with Crippen LogP contribution in [0.3, 0.4) is 0 Å². The van der Waals surface area contributed by atoms with E-state index in [0.29, 0.717) is 6.04 Å². The van der Waals surface area contributed by atoms with Gasteiger partial charge in [0.25, 0.3) is 0 Å². The average molecular weight is 258 g/mol. The highest BCUT2D eigenvalue weighted by atomic mass is 14.9. The summed E-state index contributed by atoms with van der Waals surface area (Å²) in [6.07, 6.45) is 9.20. The molecule has 2 unspecified atom stereocenters. The lowest BCUT2D eigenvalue weighted by molar-refractivity contribution is 0.360. The Morgan fingerprint density at radius 1 is 1.26 bits per heavy atom. The zero-order chi connectivity index (χ0) is 13.2. The molecule has 2 nitrogen and oxygen atoms in total. The number of anilines is 1. The molecule has 1 saturated carbocycles. The van der Waals surface area contributed by atoms with Crippen molar-refractivity contribution < 1.29 is 0 Å². The van der Waals surface area contributed by atoms with Crippen LogP contribution in [0.4, 0.5) is 5.69 Å². The van der Waals surface area contributed by atoms with Crippen LogP contribution in [0.1, 0.15) is 50.2 Å². The van der Waals surface area contributed by atoms with Gasteiger partial charge in [0.15, 0.2) is 0 Å². The van der Waals surface area contributed by atoms with Crippen molar-refractivity contribution in [3.8, 4) is 0 Å². The summed E-state index contributed by atoms with van der Waals surface area (Å²) in [5, 5.41) is 3.90. The Morgan fingerprint density at radius 2 is 2.11 bits per heavy atom. The van der Waals surface area contributed by atoms with Crippen molar-refractivity contribution >= 4 is 5.69 Å². The summed E-state index contributed by atoms with van der Waals surface area (Å²) in [6, 6.07) is 7.79. The first-order valence-corrected chi connectivity index (χ1v) is 7.88. The summed E-state index contributed by atoms with van der Waals surface area (Å²) in [7, 11) is 0. The summed E-state index contributed by atoms with van der Waals surface area (Å²) in [6.45, 7) is 2.31. The molecule has 3 rings (SSSR count). The molecule has 0 aromatic heterocycles. The molecule has 0 radical (unpaired) electrons. The molecule has 2 aliphatic rings. The fraction of sp³-hybridized carbons (Fsp3) is 0.647. The van der Waals surface area contributed by atoms with Crippen molar-refractivity contribution in [2.75, 3.05) is 5.73 Å². The van der Waals surface area contributed by atoms with Crippen molar-refractivity contribution in [1.82, 2.24) is 5.32 Å². The van der Waals surface area contributed by atoms with E-state index in [1.165, 1.54) is 49.7 Å². The van der Waals surface area contributed by atoms with Gasteiger partial charge in [-0.15, -0.1) is 0 Å². The smallest absolute Gasteiger partial charge is 0.0316 e. The minimum atomic E-state index is 0.651. The highest BCUT2D eigenvalue weighted by molar-refractivity contribution is 5.46. The molecule has 1 fully saturated rings. The zero-order valence-electron chi connectivity index (χ0n) is 12.0. The molecule has 19 heavy (non-hydrogen) atoms. The van der Waals surface area contributed by atoms with E-state index < -0.39 is 0 Å². The highest BCUT2D eigenvalue weighted by Crippen LogP contribution is 2.34. The number of hydrogen-bond donors (Lipinski definition) is 2. The molecular weight excluding hydrogens is 232 g/mol. The van der Waals surface area contributed by atoms with Crippen molar-refractivity contribution in [2.24, 2.45) is 5.92 Å². The Kier molecular flexibility index (Phi) is 3.79. The molecule has 0 saturated heterocycles. The van der Waals surface area contributed by atoms with Gasteiger partial charge >= 0.3 is 0 Å². The molecule has 1 aromatic rings. The number of nitrogens with one attached hydrogen (secondary N) is 1. The van der Waals surface area contributed by atoms with Crippen LogP contribution in [0.5, 0.6) is 0 Å². The number of nitrogens with two attached hydrogens (primary N) is 1. The molecule has 2 aliphatic carbocycles. The van der Waals surface area contributed by atoms with Crippen LogP contribution in [0, 0.1) is 5.92 Å². The lowest BCUT2D eigenvalue weighted by atomic mass is 9.87. The SMILES string of the molecule is CCC(CC1CC1)NC1CCc2ccc(N)cc2C1. The molecule has 2 heteroatoms. The van der Waals surface area contributed by atoms with Gasteiger partial charge in [-0.2, -0.15) is 0 Å². The maximum absolute atomic E-state index is 5.91. The normalized spacial score (nSPS) is 23.9. The van der Waals surface area contributed by atoms with Gasteiger partial charge < -0.3 is 11.1 Å². The van der Waals surface area contributed by atoms with Crippen LogP contribution in [0.2, 0.25) is 0 Å². The zero-order valence-corrected chi connectivity index (χ0v) is 12.0. The molecule has 0 heterocycles. The van der Waals surface area contributed by atoms with Crippen molar-refractivity contribution in [2.45, 2.75) is 64.0 Å². The molecule has 0 bridgehead atoms. The molecule has 1 aromatic carbocycles. The van der Waals surface area contributed by atoms with Gasteiger partial charge in [0.05, 0.1) is 0 Å². The van der Waals surface area contributed by atoms with E-state index in [1.54, 1.807) is 0 Å². The van der Waals surface area contributed by atoms with E-state index in [2.05, 4.69) is 24.4 Å². The van der Waals surface area contributed by atoms with Crippen LogP contribution in [0.15, 0.2) is 18.2 Å². The van der Waals surface area contributed by atoms with Gasteiger partial charge in [0.1, 0.15) is 0 Å². The predicted molar refractivity (Wildman–Crippen MR) is 81.2 cm³/mol. The van der Waals surface area contributed by atoms with E-state index in [-0.39, 0.29) is 0 Å². The lowest BCUT2D eigenvalue weighted by Gasteiger charge is -2.30. The summed E-state index contributed by atoms with van der Waals surface area (Å²) < 4.78 is 0. The fourth-order valence-electron chi connectivity index (χ4n) is 3.36. The van der Waals surface area contributed by atoms with E-state index in [0.717, 1.165) is 24.1 Å². The third kappa shape index (κ3) is 3.30. The summed E-state index contributed by atoms with van der Waals surface area (Å²) in [5.74, 6) is 1.02. The van der Waals surface area contributed by atoms with Gasteiger partial charge in [0, 0.05) is 17.8 Å². The Hall–Kier alpha value is -1.02. The summed E-state index contributed by atoms with van der Waals surface area (Å²) in [5.41, 5.74) is 9.78.